The summed E-state index contributed by atoms with van der Waals surface area (Å²) in [5.74, 6) is -0.442. The molecule has 1 heterocycles. The van der Waals surface area contributed by atoms with Gasteiger partial charge in [-0.25, -0.2) is 4.98 Å². The minimum atomic E-state index is -0.622. The highest BCUT2D eigenvalue weighted by molar-refractivity contribution is 5.95. The zero-order chi connectivity index (χ0) is 12.8. The summed E-state index contributed by atoms with van der Waals surface area (Å²) in [6.07, 6.45) is 1.19. The molecule has 1 aromatic rings. The largest absolute Gasteiger partial charge is 0.472 e. The highest BCUT2D eigenvalue weighted by Crippen LogP contribution is 2.18. The number of rotatable bonds is 6. The fourth-order valence-electron chi connectivity index (χ4n) is 1.25. The van der Waals surface area contributed by atoms with Gasteiger partial charge in [0, 0.05) is 6.61 Å². The van der Waals surface area contributed by atoms with E-state index in [9.17, 15) is 4.79 Å². The molecule has 0 aliphatic heterocycles. The van der Waals surface area contributed by atoms with E-state index in [4.69, 9.17) is 20.9 Å². The van der Waals surface area contributed by atoms with Gasteiger partial charge in [0.15, 0.2) is 0 Å². The Kier molecular flexibility index (Phi) is 4.71. The summed E-state index contributed by atoms with van der Waals surface area (Å²) in [7, 11) is 0. The Morgan fingerprint density at radius 2 is 2.29 bits per heavy atom. The van der Waals surface area contributed by atoms with Crippen molar-refractivity contribution < 1.29 is 14.3 Å². The first-order valence-electron chi connectivity index (χ1n) is 5.34. The predicted molar refractivity (Wildman–Crippen MR) is 63.8 cm³/mol. The smallest absolute Gasteiger partial charge is 0.254 e. The third kappa shape index (κ3) is 3.92. The molecule has 6 heteroatoms. The number of nitrogen functional groups attached to an aromatic ring is 1. The van der Waals surface area contributed by atoms with Crippen LogP contribution in [0.2, 0.25) is 0 Å². The minimum Gasteiger partial charge on any atom is -0.472 e. The molecular weight excluding hydrogens is 222 g/mol. The molecule has 1 atom stereocenters. The summed E-state index contributed by atoms with van der Waals surface area (Å²) < 4.78 is 10.7. The summed E-state index contributed by atoms with van der Waals surface area (Å²) in [5, 5.41) is 0. The number of hydrogen-bond donors (Lipinski definition) is 2. The average molecular weight is 239 g/mol. The zero-order valence-electron chi connectivity index (χ0n) is 9.97. The van der Waals surface area contributed by atoms with E-state index >= 15 is 0 Å². The second-order valence-electron chi connectivity index (χ2n) is 3.57. The van der Waals surface area contributed by atoms with E-state index in [2.05, 4.69) is 4.98 Å². The lowest BCUT2D eigenvalue weighted by atomic mass is 10.2. The van der Waals surface area contributed by atoms with E-state index in [0.29, 0.717) is 18.9 Å². The topological polar surface area (TPSA) is 100 Å². The maximum Gasteiger partial charge on any atom is 0.254 e. The molecule has 17 heavy (non-hydrogen) atoms. The summed E-state index contributed by atoms with van der Waals surface area (Å²) in [5.41, 5.74) is 11.3. The van der Waals surface area contributed by atoms with E-state index in [1.165, 1.54) is 12.3 Å². The van der Waals surface area contributed by atoms with Crippen molar-refractivity contribution in [2.24, 2.45) is 5.73 Å². The molecule has 0 aromatic carbocycles. The van der Waals surface area contributed by atoms with E-state index < -0.39 is 5.91 Å². The fraction of sp³-hybridized carbons (Fsp3) is 0.455. The van der Waals surface area contributed by atoms with Crippen molar-refractivity contribution in [3.63, 3.8) is 0 Å². The Hall–Kier alpha value is -1.82. The molecule has 1 unspecified atom stereocenters. The summed E-state index contributed by atoms with van der Waals surface area (Å²) in [4.78, 5) is 15.1. The first kappa shape index (κ1) is 13.2. The van der Waals surface area contributed by atoms with Crippen molar-refractivity contribution >= 4 is 11.6 Å². The standard InChI is InChI=1S/C11H17N3O3/c1-3-16-6-7(2)17-11-9(10(13)15)4-8(12)5-14-11/h4-5,7H,3,6,12H2,1-2H3,(H2,13,15). The molecule has 1 amide bonds. The van der Waals surface area contributed by atoms with Crippen molar-refractivity contribution in [2.45, 2.75) is 20.0 Å². The number of aromatic nitrogens is 1. The van der Waals surface area contributed by atoms with Crippen LogP contribution in [-0.4, -0.2) is 30.2 Å². The van der Waals surface area contributed by atoms with Gasteiger partial charge in [-0.2, -0.15) is 0 Å². The number of carbonyl (C=O) groups excluding carboxylic acids is 1. The van der Waals surface area contributed by atoms with Crippen molar-refractivity contribution in [1.82, 2.24) is 4.98 Å². The van der Waals surface area contributed by atoms with E-state index in [-0.39, 0.29) is 17.5 Å². The van der Waals surface area contributed by atoms with Crippen LogP contribution in [0.1, 0.15) is 24.2 Å². The molecule has 6 nitrogen and oxygen atoms in total. The number of primary amides is 1. The lowest BCUT2D eigenvalue weighted by molar-refractivity contribution is 0.0624. The average Bonchev–Trinajstić information content (AvgIpc) is 2.28. The monoisotopic (exact) mass is 239 g/mol. The molecule has 0 bridgehead atoms. The molecule has 4 N–H and O–H groups in total. The van der Waals surface area contributed by atoms with Gasteiger partial charge in [0.2, 0.25) is 5.88 Å². The number of carbonyl (C=O) groups is 1. The first-order valence-corrected chi connectivity index (χ1v) is 5.34. The zero-order valence-corrected chi connectivity index (χ0v) is 9.97. The SMILES string of the molecule is CCOCC(C)Oc1ncc(N)cc1C(N)=O. The van der Waals surface area contributed by atoms with Crippen LogP contribution < -0.4 is 16.2 Å². The molecule has 1 aromatic heterocycles. The third-order valence-electron chi connectivity index (χ3n) is 2.01. The Bertz CT molecular complexity index is 396. The van der Waals surface area contributed by atoms with Gasteiger partial charge in [0.25, 0.3) is 5.91 Å². The van der Waals surface area contributed by atoms with Crippen LogP contribution in [-0.2, 0) is 4.74 Å². The lowest BCUT2D eigenvalue weighted by Gasteiger charge is -2.15. The molecule has 0 fully saturated rings. The molecule has 0 saturated heterocycles. The van der Waals surface area contributed by atoms with E-state index in [0.717, 1.165) is 0 Å². The van der Waals surface area contributed by atoms with Crippen LogP contribution in [0.4, 0.5) is 5.69 Å². The van der Waals surface area contributed by atoms with Gasteiger partial charge >= 0.3 is 0 Å². The molecule has 0 aliphatic rings. The van der Waals surface area contributed by atoms with Gasteiger partial charge in [-0.15, -0.1) is 0 Å². The van der Waals surface area contributed by atoms with Gasteiger partial charge < -0.3 is 20.9 Å². The van der Waals surface area contributed by atoms with Crippen molar-refractivity contribution in [3.05, 3.63) is 17.8 Å². The van der Waals surface area contributed by atoms with Crippen molar-refractivity contribution in [1.29, 1.82) is 0 Å². The van der Waals surface area contributed by atoms with Gasteiger partial charge in [-0.1, -0.05) is 0 Å². The fourth-order valence-corrected chi connectivity index (χ4v) is 1.25. The molecule has 0 saturated carbocycles. The summed E-state index contributed by atoms with van der Waals surface area (Å²) >= 11 is 0. The first-order chi connectivity index (χ1) is 8.04. The molecule has 94 valence electrons. The predicted octanol–water partition coefficient (Wildman–Crippen LogP) is 0.567. The highest BCUT2D eigenvalue weighted by Gasteiger charge is 2.14. The van der Waals surface area contributed by atoms with Gasteiger partial charge in [0.05, 0.1) is 18.5 Å². The number of ether oxygens (including phenoxy) is 2. The maximum absolute atomic E-state index is 11.2. The second-order valence-corrected chi connectivity index (χ2v) is 3.57. The molecule has 0 spiro atoms. The van der Waals surface area contributed by atoms with E-state index in [1.807, 2.05) is 13.8 Å². The molecule has 1 rings (SSSR count). The third-order valence-corrected chi connectivity index (χ3v) is 2.01. The Labute approximate surface area is 99.9 Å². The molecular formula is C11H17N3O3. The van der Waals surface area contributed by atoms with Crippen LogP contribution in [0.5, 0.6) is 5.88 Å². The van der Waals surface area contributed by atoms with Crippen LogP contribution in [0.3, 0.4) is 0 Å². The Morgan fingerprint density at radius 1 is 1.59 bits per heavy atom. The lowest BCUT2D eigenvalue weighted by Crippen LogP contribution is -2.22. The van der Waals surface area contributed by atoms with E-state index in [1.54, 1.807) is 0 Å². The Balaban J connectivity index is 2.79. The van der Waals surface area contributed by atoms with Crippen LogP contribution >= 0.6 is 0 Å². The molecule has 0 aliphatic carbocycles. The number of hydrogen-bond acceptors (Lipinski definition) is 5. The van der Waals surface area contributed by atoms with Crippen LogP contribution in [0.25, 0.3) is 0 Å². The van der Waals surface area contributed by atoms with Gasteiger partial charge in [0.1, 0.15) is 11.7 Å². The second kappa shape index (κ2) is 6.05. The van der Waals surface area contributed by atoms with Gasteiger partial charge in [-0.05, 0) is 19.9 Å². The van der Waals surface area contributed by atoms with Crippen LogP contribution in [0.15, 0.2) is 12.3 Å². The number of pyridine rings is 1. The highest BCUT2D eigenvalue weighted by atomic mass is 16.5. The van der Waals surface area contributed by atoms with Crippen molar-refractivity contribution in [2.75, 3.05) is 18.9 Å². The number of anilines is 1. The quantitative estimate of drug-likeness (QED) is 0.755. The normalized spacial score (nSPS) is 12.1. The van der Waals surface area contributed by atoms with Crippen molar-refractivity contribution in [3.8, 4) is 5.88 Å². The summed E-state index contributed by atoms with van der Waals surface area (Å²) in [6, 6.07) is 1.44. The number of nitrogens with zero attached hydrogens (tertiary/aromatic N) is 1. The molecule has 0 radical (unpaired) electrons. The minimum absolute atomic E-state index is 0.174. The van der Waals surface area contributed by atoms with Crippen LogP contribution in [0, 0.1) is 0 Å². The Morgan fingerprint density at radius 3 is 2.88 bits per heavy atom. The maximum atomic E-state index is 11.2. The number of nitrogens with two attached hydrogens (primary N) is 2. The number of amides is 1. The van der Waals surface area contributed by atoms with Gasteiger partial charge in [-0.3, -0.25) is 4.79 Å². The summed E-state index contributed by atoms with van der Waals surface area (Å²) in [6.45, 7) is 4.73.